The molecule has 0 aromatic carbocycles. The van der Waals surface area contributed by atoms with Gasteiger partial charge in [0.25, 0.3) is 0 Å². The third kappa shape index (κ3) is 3.67. The van der Waals surface area contributed by atoms with Crippen LogP contribution in [0, 0.1) is 0 Å². The van der Waals surface area contributed by atoms with Crippen LogP contribution in [0.5, 0.6) is 6.01 Å². The first-order chi connectivity index (χ1) is 14.3. The zero-order chi connectivity index (χ0) is 19.6. The summed E-state index contributed by atoms with van der Waals surface area (Å²) in [5.41, 5.74) is 7.63. The molecule has 0 bridgehead atoms. The van der Waals surface area contributed by atoms with Gasteiger partial charge < -0.3 is 20.1 Å². The first-order valence-electron chi connectivity index (χ1n) is 10.0. The highest BCUT2D eigenvalue weighted by atomic mass is 16.5. The second kappa shape index (κ2) is 7.78. The number of fused-ring (bicyclic) bond motifs is 1. The van der Waals surface area contributed by atoms with Gasteiger partial charge in [0.1, 0.15) is 24.1 Å². The van der Waals surface area contributed by atoms with E-state index in [2.05, 4.69) is 25.0 Å². The minimum Gasteiger partial charge on any atom is -0.460 e. The lowest BCUT2D eigenvalue weighted by Crippen LogP contribution is -2.37. The molecule has 29 heavy (non-hydrogen) atoms. The third-order valence-electron chi connectivity index (χ3n) is 5.65. The predicted octanol–water partition coefficient (Wildman–Crippen LogP) is 1.44. The molecule has 0 spiro atoms. The zero-order valence-electron chi connectivity index (χ0n) is 16.1. The summed E-state index contributed by atoms with van der Waals surface area (Å²) in [6.45, 7) is 3.01. The lowest BCUT2D eigenvalue weighted by molar-refractivity contribution is 0.120. The molecule has 1 aliphatic carbocycles. The molecule has 5 rings (SSSR count). The summed E-state index contributed by atoms with van der Waals surface area (Å²) in [6, 6.07) is 2.43. The molecular weight excluding hydrogens is 372 g/mol. The molecule has 1 saturated carbocycles. The minimum atomic E-state index is 0.0731. The van der Waals surface area contributed by atoms with Crippen LogP contribution in [0.15, 0.2) is 24.8 Å². The summed E-state index contributed by atoms with van der Waals surface area (Å²) in [7, 11) is 0. The van der Waals surface area contributed by atoms with Crippen LogP contribution in [0.2, 0.25) is 0 Å². The van der Waals surface area contributed by atoms with Crippen LogP contribution < -0.4 is 15.4 Å². The fraction of sp³-hybridized carbons (Fsp3) is 0.526. The van der Waals surface area contributed by atoms with E-state index in [0.717, 1.165) is 55.9 Å². The van der Waals surface area contributed by atoms with E-state index in [1.807, 2.05) is 6.07 Å². The topological polar surface area (TPSA) is 117 Å². The Morgan fingerprint density at radius 3 is 2.62 bits per heavy atom. The number of hydrogen-bond acceptors (Lipinski definition) is 9. The van der Waals surface area contributed by atoms with Gasteiger partial charge >= 0.3 is 6.01 Å². The van der Waals surface area contributed by atoms with E-state index < -0.39 is 0 Å². The Morgan fingerprint density at radius 2 is 1.83 bits per heavy atom. The average molecular weight is 396 g/mol. The Kier molecular flexibility index (Phi) is 4.84. The molecule has 0 atom stereocenters. The largest absolute Gasteiger partial charge is 0.460 e. The Hall–Kier alpha value is -3.01. The standard InChI is InChI=1S/C19H24N8O2/c20-18-17(21-5-6-22-18)13-1-3-14(4-2-13)29-19-25-16(26-7-9-28-10-8-26)11-15-23-12-24-27(15)19/h5-6,11-14H,1-4,7-10H2,(H2,20,22). The van der Waals surface area contributed by atoms with Crippen LogP contribution in [0.25, 0.3) is 5.65 Å². The number of morpholine rings is 1. The Labute approximate surface area is 168 Å². The fourth-order valence-corrected chi connectivity index (χ4v) is 4.10. The number of nitrogens with two attached hydrogens (primary N) is 1. The number of anilines is 2. The van der Waals surface area contributed by atoms with Crippen molar-refractivity contribution in [2.45, 2.75) is 37.7 Å². The number of rotatable bonds is 4. The van der Waals surface area contributed by atoms with Crippen LogP contribution in [0.3, 0.4) is 0 Å². The first-order valence-corrected chi connectivity index (χ1v) is 10.0. The molecule has 2 fully saturated rings. The van der Waals surface area contributed by atoms with Gasteiger partial charge in [-0.25, -0.2) is 9.97 Å². The second-order valence-corrected chi connectivity index (χ2v) is 7.44. The maximum atomic E-state index is 6.30. The van der Waals surface area contributed by atoms with E-state index in [4.69, 9.17) is 20.2 Å². The summed E-state index contributed by atoms with van der Waals surface area (Å²) < 4.78 is 13.4. The molecule has 10 nitrogen and oxygen atoms in total. The normalized spacial score (nSPS) is 22.7. The molecule has 0 unspecified atom stereocenters. The number of ether oxygens (including phenoxy) is 2. The van der Waals surface area contributed by atoms with Crippen molar-refractivity contribution in [1.29, 1.82) is 0 Å². The smallest absolute Gasteiger partial charge is 0.321 e. The van der Waals surface area contributed by atoms with Gasteiger partial charge in [-0.3, -0.25) is 4.98 Å². The van der Waals surface area contributed by atoms with Gasteiger partial charge in [-0.1, -0.05) is 0 Å². The van der Waals surface area contributed by atoms with Crippen molar-refractivity contribution < 1.29 is 9.47 Å². The highest BCUT2D eigenvalue weighted by Crippen LogP contribution is 2.35. The molecular formula is C19H24N8O2. The first kappa shape index (κ1) is 18.0. The number of nitrogens with zero attached hydrogens (tertiary/aromatic N) is 7. The number of hydrogen-bond donors (Lipinski definition) is 1. The van der Waals surface area contributed by atoms with Gasteiger partial charge in [-0.2, -0.15) is 14.6 Å². The van der Waals surface area contributed by atoms with E-state index >= 15 is 0 Å². The molecule has 0 amide bonds. The van der Waals surface area contributed by atoms with E-state index in [0.29, 0.717) is 31.0 Å². The van der Waals surface area contributed by atoms with E-state index in [1.54, 1.807) is 16.9 Å². The van der Waals surface area contributed by atoms with Crippen LogP contribution in [0.1, 0.15) is 37.3 Å². The van der Waals surface area contributed by atoms with Crippen molar-refractivity contribution in [3.8, 4) is 6.01 Å². The molecule has 1 aliphatic heterocycles. The summed E-state index contributed by atoms with van der Waals surface area (Å²) in [5.74, 6) is 1.70. The van der Waals surface area contributed by atoms with Crippen molar-refractivity contribution in [1.82, 2.24) is 29.5 Å². The van der Waals surface area contributed by atoms with Crippen LogP contribution in [-0.4, -0.2) is 62.0 Å². The molecule has 2 N–H and O–H groups in total. The maximum Gasteiger partial charge on any atom is 0.321 e. The van der Waals surface area contributed by atoms with Crippen molar-refractivity contribution in [2.75, 3.05) is 36.9 Å². The van der Waals surface area contributed by atoms with Crippen molar-refractivity contribution in [2.24, 2.45) is 0 Å². The average Bonchev–Trinajstić information content (AvgIpc) is 3.25. The van der Waals surface area contributed by atoms with Gasteiger partial charge in [0.2, 0.25) is 0 Å². The predicted molar refractivity (Wildman–Crippen MR) is 106 cm³/mol. The van der Waals surface area contributed by atoms with Gasteiger partial charge in [-0.05, 0) is 25.7 Å². The summed E-state index contributed by atoms with van der Waals surface area (Å²) in [5, 5.41) is 4.28. The van der Waals surface area contributed by atoms with Crippen LogP contribution in [0.4, 0.5) is 11.6 Å². The van der Waals surface area contributed by atoms with Gasteiger partial charge in [0.05, 0.1) is 18.9 Å². The Balaban J connectivity index is 1.32. The zero-order valence-corrected chi connectivity index (χ0v) is 16.1. The molecule has 1 saturated heterocycles. The number of nitrogen functional groups attached to an aromatic ring is 1. The highest BCUT2D eigenvalue weighted by molar-refractivity contribution is 5.52. The van der Waals surface area contributed by atoms with Gasteiger partial charge in [0, 0.05) is 37.5 Å². The van der Waals surface area contributed by atoms with Gasteiger partial charge in [0.15, 0.2) is 5.65 Å². The van der Waals surface area contributed by atoms with Crippen LogP contribution >= 0.6 is 0 Å². The monoisotopic (exact) mass is 396 g/mol. The summed E-state index contributed by atoms with van der Waals surface area (Å²) in [4.78, 5) is 19.9. The summed E-state index contributed by atoms with van der Waals surface area (Å²) >= 11 is 0. The molecule has 0 radical (unpaired) electrons. The molecule has 3 aromatic rings. The Morgan fingerprint density at radius 1 is 1.03 bits per heavy atom. The Bertz CT molecular complexity index is 979. The molecule has 2 aliphatic rings. The second-order valence-electron chi connectivity index (χ2n) is 7.44. The molecule has 10 heteroatoms. The number of aromatic nitrogens is 6. The quantitative estimate of drug-likeness (QED) is 0.699. The van der Waals surface area contributed by atoms with E-state index in [1.165, 1.54) is 6.33 Å². The van der Waals surface area contributed by atoms with E-state index in [9.17, 15) is 0 Å². The summed E-state index contributed by atoms with van der Waals surface area (Å²) in [6.07, 6.45) is 8.65. The van der Waals surface area contributed by atoms with Gasteiger partial charge in [-0.15, -0.1) is 0 Å². The molecule has 3 aromatic heterocycles. The van der Waals surface area contributed by atoms with Crippen molar-refractivity contribution in [3.05, 3.63) is 30.5 Å². The third-order valence-corrected chi connectivity index (χ3v) is 5.65. The minimum absolute atomic E-state index is 0.0731. The van der Waals surface area contributed by atoms with Crippen molar-refractivity contribution in [3.63, 3.8) is 0 Å². The maximum absolute atomic E-state index is 6.30. The highest BCUT2D eigenvalue weighted by Gasteiger charge is 2.27. The van der Waals surface area contributed by atoms with E-state index in [-0.39, 0.29) is 6.10 Å². The van der Waals surface area contributed by atoms with Crippen LogP contribution in [-0.2, 0) is 4.74 Å². The fourth-order valence-electron chi connectivity index (χ4n) is 4.10. The lowest BCUT2D eigenvalue weighted by Gasteiger charge is -2.30. The molecule has 4 heterocycles. The molecule has 152 valence electrons. The lowest BCUT2D eigenvalue weighted by atomic mass is 9.85. The SMILES string of the molecule is Nc1nccnc1C1CCC(Oc2nc(N3CCOCC3)cc3ncnn23)CC1. The van der Waals surface area contributed by atoms with Crippen molar-refractivity contribution >= 4 is 17.3 Å².